The lowest BCUT2D eigenvalue weighted by molar-refractivity contribution is -0.357. The Bertz CT molecular complexity index is 1300. The van der Waals surface area contributed by atoms with Gasteiger partial charge in [0.2, 0.25) is 0 Å². The van der Waals surface area contributed by atoms with E-state index in [1.807, 2.05) is 0 Å². The van der Waals surface area contributed by atoms with Crippen LogP contribution < -0.4 is 0 Å². The first-order valence-corrected chi connectivity index (χ1v) is 13.7. The molecule has 0 saturated carbocycles. The molecule has 2 saturated heterocycles. The molecule has 44 heavy (non-hydrogen) atoms. The van der Waals surface area contributed by atoms with Crippen molar-refractivity contribution in [3.63, 3.8) is 0 Å². The molecule has 2 fully saturated rings. The third kappa shape index (κ3) is 7.95. The Hall–Kier alpha value is -3.51. The summed E-state index contributed by atoms with van der Waals surface area (Å²) in [5.74, 6) is -2.23. The van der Waals surface area contributed by atoms with Gasteiger partial charge in [-0.3, -0.25) is 0 Å². The Morgan fingerprint density at radius 1 is 0.795 bits per heavy atom. The standard InChI is InChI=1S/C29H36O15/c1-13-22(35)24(37)25(38)29(42-13)44-27-23(36)20(12-41-21(34)7-4-14-2-5-16(30)18(32)10-14)43-28(26(27)39)40-9-8-15-3-6-17(31)19(33)11-15/h2-7,10-11,13,20,22-33,35-39H,8-9,12H2,1H3. The van der Waals surface area contributed by atoms with Crippen molar-refractivity contribution >= 4 is 12.0 Å². The first-order valence-electron chi connectivity index (χ1n) is 13.7. The molecule has 0 spiro atoms. The van der Waals surface area contributed by atoms with Crippen LogP contribution >= 0.6 is 0 Å². The topological polar surface area (TPSA) is 245 Å². The van der Waals surface area contributed by atoms with Crippen LogP contribution in [0.25, 0.3) is 6.08 Å². The average Bonchev–Trinajstić information content (AvgIpc) is 2.99. The Morgan fingerprint density at radius 2 is 1.48 bits per heavy atom. The van der Waals surface area contributed by atoms with Gasteiger partial charge in [0.25, 0.3) is 0 Å². The third-order valence-electron chi connectivity index (χ3n) is 7.26. The summed E-state index contributed by atoms with van der Waals surface area (Å²) in [6, 6.07) is 8.05. The molecule has 2 aromatic carbocycles. The van der Waals surface area contributed by atoms with Crippen LogP contribution in [0.3, 0.4) is 0 Å². The number of phenols is 4. The molecule has 2 heterocycles. The predicted octanol–water partition coefficient (Wildman–Crippen LogP) is -1.02. The fraction of sp³-hybridized carbons (Fsp3) is 0.483. The van der Waals surface area contributed by atoms with Crippen molar-refractivity contribution in [2.24, 2.45) is 0 Å². The molecule has 0 amide bonds. The van der Waals surface area contributed by atoms with Gasteiger partial charge in [0.15, 0.2) is 35.6 Å². The lowest BCUT2D eigenvalue weighted by Gasteiger charge is -2.45. The van der Waals surface area contributed by atoms with E-state index in [-0.39, 0.29) is 36.0 Å². The van der Waals surface area contributed by atoms with Gasteiger partial charge in [-0.05, 0) is 54.8 Å². The quantitative estimate of drug-likeness (QED) is 0.0873. The molecule has 242 valence electrons. The van der Waals surface area contributed by atoms with Gasteiger partial charge in [-0.25, -0.2) is 4.79 Å². The number of hydrogen-bond donors (Lipinski definition) is 9. The molecule has 10 unspecified atom stereocenters. The van der Waals surface area contributed by atoms with Crippen molar-refractivity contribution in [3.05, 3.63) is 53.6 Å². The summed E-state index contributed by atoms with van der Waals surface area (Å²) in [5.41, 5.74) is 0.962. The fourth-order valence-corrected chi connectivity index (χ4v) is 4.66. The van der Waals surface area contributed by atoms with Crippen molar-refractivity contribution in [1.82, 2.24) is 0 Å². The molecule has 0 radical (unpaired) electrons. The Balaban J connectivity index is 1.44. The van der Waals surface area contributed by atoms with E-state index in [1.54, 1.807) is 6.07 Å². The lowest BCUT2D eigenvalue weighted by atomic mass is 9.97. The molecule has 10 atom stereocenters. The molecule has 0 aromatic heterocycles. The summed E-state index contributed by atoms with van der Waals surface area (Å²) in [5, 5.41) is 90.8. The first kappa shape index (κ1) is 33.4. The Labute approximate surface area is 251 Å². The minimum Gasteiger partial charge on any atom is -0.504 e. The summed E-state index contributed by atoms with van der Waals surface area (Å²) < 4.78 is 27.7. The summed E-state index contributed by atoms with van der Waals surface area (Å²) in [7, 11) is 0. The van der Waals surface area contributed by atoms with Crippen molar-refractivity contribution in [3.8, 4) is 23.0 Å². The van der Waals surface area contributed by atoms with Gasteiger partial charge in [0, 0.05) is 6.08 Å². The monoisotopic (exact) mass is 624 g/mol. The fourth-order valence-electron chi connectivity index (χ4n) is 4.66. The molecule has 4 rings (SSSR count). The van der Waals surface area contributed by atoms with Crippen molar-refractivity contribution in [2.75, 3.05) is 13.2 Å². The number of benzene rings is 2. The predicted molar refractivity (Wildman–Crippen MR) is 147 cm³/mol. The zero-order valence-electron chi connectivity index (χ0n) is 23.5. The van der Waals surface area contributed by atoms with E-state index in [9.17, 15) is 50.8 Å². The number of esters is 1. The van der Waals surface area contributed by atoms with E-state index in [1.165, 1.54) is 43.3 Å². The van der Waals surface area contributed by atoms with E-state index in [2.05, 4.69) is 0 Å². The lowest BCUT2D eigenvalue weighted by Crippen LogP contribution is -2.64. The van der Waals surface area contributed by atoms with Crippen LogP contribution in [0.4, 0.5) is 0 Å². The molecule has 9 N–H and O–H groups in total. The van der Waals surface area contributed by atoms with E-state index in [0.29, 0.717) is 11.1 Å². The zero-order valence-corrected chi connectivity index (χ0v) is 23.5. The number of aliphatic hydroxyl groups is 5. The van der Waals surface area contributed by atoms with Gasteiger partial charge in [0.1, 0.15) is 49.3 Å². The number of carbonyl (C=O) groups is 1. The second-order valence-electron chi connectivity index (χ2n) is 10.5. The molecule has 2 aliphatic rings. The van der Waals surface area contributed by atoms with E-state index < -0.39 is 74.0 Å². The molecular weight excluding hydrogens is 588 g/mol. The van der Waals surface area contributed by atoms with Crippen LogP contribution in [0.15, 0.2) is 42.5 Å². The van der Waals surface area contributed by atoms with Crippen molar-refractivity contribution in [2.45, 2.75) is 74.8 Å². The number of aromatic hydroxyl groups is 4. The van der Waals surface area contributed by atoms with Gasteiger partial charge in [0.05, 0.1) is 12.7 Å². The second-order valence-corrected chi connectivity index (χ2v) is 10.5. The summed E-state index contributed by atoms with van der Waals surface area (Å²) in [6.07, 6.45) is -12.5. The largest absolute Gasteiger partial charge is 0.504 e. The van der Waals surface area contributed by atoms with Crippen LogP contribution in [0.1, 0.15) is 18.1 Å². The first-order chi connectivity index (χ1) is 20.8. The van der Waals surface area contributed by atoms with E-state index in [4.69, 9.17) is 23.7 Å². The van der Waals surface area contributed by atoms with E-state index in [0.717, 1.165) is 6.08 Å². The molecule has 0 bridgehead atoms. The average molecular weight is 625 g/mol. The number of ether oxygens (including phenoxy) is 5. The Kier molecular flexibility index (Phi) is 11.0. The molecular formula is C29H36O15. The number of aliphatic hydroxyl groups excluding tert-OH is 5. The van der Waals surface area contributed by atoms with Gasteiger partial charge in [-0.1, -0.05) is 12.1 Å². The minimum atomic E-state index is -1.74. The van der Waals surface area contributed by atoms with Gasteiger partial charge in [-0.2, -0.15) is 0 Å². The molecule has 2 aliphatic heterocycles. The van der Waals surface area contributed by atoms with Crippen LogP contribution in [-0.2, 0) is 34.9 Å². The summed E-state index contributed by atoms with van der Waals surface area (Å²) in [6.45, 7) is 0.804. The van der Waals surface area contributed by atoms with Gasteiger partial charge in [-0.15, -0.1) is 0 Å². The van der Waals surface area contributed by atoms with Crippen molar-refractivity contribution in [1.29, 1.82) is 0 Å². The molecule has 15 nitrogen and oxygen atoms in total. The maximum Gasteiger partial charge on any atom is 0.330 e. The molecule has 0 aliphatic carbocycles. The second kappa shape index (κ2) is 14.5. The van der Waals surface area contributed by atoms with Crippen LogP contribution in [0, 0.1) is 0 Å². The third-order valence-corrected chi connectivity index (χ3v) is 7.26. The summed E-state index contributed by atoms with van der Waals surface area (Å²) in [4.78, 5) is 12.4. The summed E-state index contributed by atoms with van der Waals surface area (Å²) >= 11 is 0. The number of hydrogen-bond acceptors (Lipinski definition) is 15. The maximum absolute atomic E-state index is 12.4. The number of rotatable bonds is 10. The maximum atomic E-state index is 12.4. The number of carbonyl (C=O) groups excluding carboxylic acids is 1. The minimum absolute atomic E-state index is 0.0754. The highest BCUT2D eigenvalue weighted by molar-refractivity contribution is 5.87. The highest BCUT2D eigenvalue weighted by atomic mass is 16.7. The highest BCUT2D eigenvalue weighted by Crippen LogP contribution is 2.31. The van der Waals surface area contributed by atoms with Crippen LogP contribution in [-0.4, -0.2) is 127 Å². The zero-order chi connectivity index (χ0) is 32.1. The van der Waals surface area contributed by atoms with E-state index >= 15 is 0 Å². The number of phenolic OH excluding ortho intramolecular Hbond substituents is 4. The van der Waals surface area contributed by atoms with Crippen LogP contribution in [0.2, 0.25) is 0 Å². The molecule has 2 aromatic rings. The van der Waals surface area contributed by atoms with Crippen molar-refractivity contribution < 1.29 is 74.4 Å². The Morgan fingerprint density at radius 3 is 2.16 bits per heavy atom. The smallest absolute Gasteiger partial charge is 0.330 e. The highest BCUT2D eigenvalue weighted by Gasteiger charge is 2.50. The SMILES string of the molecule is CC1OC(OC2C(O)C(COC(=O)C=Cc3ccc(O)c(O)c3)OC(OCCc3ccc(O)c(O)c3)C2O)C(O)C(O)C1O. The van der Waals surface area contributed by atoms with Gasteiger partial charge >= 0.3 is 5.97 Å². The van der Waals surface area contributed by atoms with Crippen LogP contribution in [0.5, 0.6) is 23.0 Å². The van der Waals surface area contributed by atoms with Gasteiger partial charge < -0.3 is 69.6 Å². The normalized spacial score (nSPS) is 32.5. The molecule has 15 heteroatoms.